The summed E-state index contributed by atoms with van der Waals surface area (Å²) in [6, 6.07) is 5.71. The molecule has 0 aliphatic carbocycles. The number of hydrogen-bond acceptors (Lipinski definition) is 6. The van der Waals surface area contributed by atoms with Crippen molar-refractivity contribution in [1.82, 2.24) is 10.5 Å². The minimum absolute atomic E-state index is 0.0463. The number of nitrogens with two attached hydrogens (primary N) is 1. The molecule has 0 radical (unpaired) electrons. The number of carbonyl (C=O) groups is 3. The molecule has 0 saturated heterocycles. The zero-order chi connectivity index (χ0) is 17.0. The first-order valence-corrected chi connectivity index (χ1v) is 6.75. The Balaban J connectivity index is 2.22. The second-order valence-corrected chi connectivity index (χ2v) is 4.84. The number of hydrogen-bond donors (Lipinski definition) is 2. The molecule has 9 heteroatoms. The molecule has 1 aromatic carbocycles. The van der Waals surface area contributed by atoms with Crippen LogP contribution in [0, 0.1) is 6.92 Å². The Morgan fingerprint density at radius 1 is 1.35 bits per heavy atom. The number of benzene rings is 1. The molecule has 3 N–H and O–H groups in total. The summed E-state index contributed by atoms with van der Waals surface area (Å²) in [5.74, 6) is -1.47. The van der Waals surface area contributed by atoms with Gasteiger partial charge in [0, 0.05) is 5.56 Å². The smallest absolute Gasteiger partial charge is 0.344 e. The molecule has 0 fully saturated rings. The summed E-state index contributed by atoms with van der Waals surface area (Å²) in [6.45, 7) is 0.849. The molecular weight excluding hydrogens is 326 g/mol. The number of carbonyl (C=O) groups excluding carboxylic acids is 3. The van der Waals surface area contributed by atoms with Crippen LogP contribution in [-0.2, 0) is 9.53 Å². The van der Waals surface area contributed by atoms with Crippen LogP contribution in [0.25, 0.3) is 11.3 Å². The summed E-state index contributed by atoms with van der Waals surface area (Å²) in [5.41, 5.74) is 5.52. The van der Waals surface area contributed by atoms with Gasteiger partial charge in [-0.3, -0.25) is 10.1 Å². The fraction of sp³-hybridized carbons (Fsp3) is 0.143. The van der Waals surface area contributed by atoms with E-state index in [1.165, 1.54) is 6.92 Å². The first-order chi connectivity index (χ1) is 10.9. The fourth-order valence-corrected chi connectivity index (χ4v) is 2.05. The molecule has 0 spiro atoms. The molecule has 2 rings (SSSR count). The first-order valence-electron chi connectivity index (χ1n) is 6.37. The third kappa shape index (κ3) is 3.86. The van der Waals surface area contributed by atoms with Crippen molar-refractivity contribution >= 4 is 29.5 Å². The van der Waals surface area contributed by atoms with Gasteiger partial charge in [0.2, 0.25) is 0 Å². The monoisotopic (exact) mass is 337 g/mol. The predicted molar refractivity (Wildman–Crippen MR) is 79.7 cm³/mol. The Hall–Kier alpha value is -2.87. The minimum atomic E-state index is -1.04. The largest absolute Gasteiger partial charge is 0.452 e. The first kappa shape index (κ1) is 16.5. The molecule has 0 bridgehead atoms. The van der Waals surface area contributed by atoms with Crippen LogP contribution >= 0.6 is 11.6 Å². The number of aryl methyl sites for hydroxylation is 1. The molecule has 1 aromatic heterocycles. The fourth-order valence-electron chi connectivity index (χ4n) is 1.83. The molecule has 120 valence electrons. The summed E-state index contributed by atoms with van der Waals surface area (Å²) >= 11 is 6.08. The van der Waals surface area contributed by atoms with Gasteiger partial charge in [0.1, 0.15) is 17.0 Å². The van der Waals surface area contributed by atoms with Crippen LogP contribution in [0.4, 0.5) is 4.79 Å². The maximum absolute atomic E-state index is 12.2. The number of halogens is 1. The molecule has 8 nitrogen and oxygen atoms in total. The summed E-state index contributed by atoms with van der Waals surface area (Å²) in [6.07, 6.45) is 0. The van der Waals surface area contributed by atoms with Crippen LogP contribution in [0.5, 0.6) is 0 Å². The van der Waals surface area contributed by atoms with Crippen LogP contribution in [-0.4, -0.2) is 29.7 Å². The van der Waals surface area contributed by atoms with Crippen molar-refractivity contribution in [3.63, 3.8) is 0 Å². The van der Waals surface area contributed by atoms with E-state index in [9.17, 15) is 14.4 Å². The number of urea groups is 1. The van der Waals surface area contributed by atoms with Crippen molar-refractivity contribution in [1.29, 1.82) is 0 Å². The second-order valence-electron chi connectivity index (χ2n) is 4.43. The molecule has 0 saturated carbocycles. The SMILES string of the molecule is Cc1onc(-c2ccccc2Cl)c1C(=O)OCC(=O)NC(N)=O. The number of aromatic nitrogens is 1. The Bertz CT molecular complexity index is 772. The summed E-state index contributed by atoms with van der Waals surface area (Å²) < 4.78 is 9.84. The normalized spacial score (nSPS) is 10.2. The van der Waals surface area contributed by atoms with Crippen molar-refractivity contribution in [2.24, 2.45) is 5.73 Å². The topological polar surface area (TPSA) is 125 Å². The summed E-state index contributed by atoms with van der Waals surface area (Å²) in [4.78, 5) is 34.0. The molecule has 3 amide bonds. The standard InChI is InChI=1S/C14H12ClN3O5/c1-7-11(13(20)22-6-10(19)17-14(16)21)12(18-23-7)8-4-2-3-5-9(8)15/h2-5H,6H2,1H3,(H3,16,17,19,21). The van der Waals surface area contributed by atoms with Crippen molar-refractivity contribution in [2.45, 2.75) is 6.92 Å². The average Bonchev–Trinajstić information content (AvgIpc) is 2.86. The van der Waals surface area contributed by atoms with Gasteiger partial charge in [0.05, 0.1) is 5.02 Å². The number of imide groups is 1. The molecule has 0 atom stereocenters. The zero-order valence-electron chi connectivity index (χ0n) is 12.0. The van der Waals surface area contributed by atoms with Gasteiger partial charge in [0.15, 0.2) is 6.61 Å². The van der Waals surface area contributed by atoms with Gasteiger partial charge < -0.3 is 15.0 Å². The van der Waals surface area contributed by atoms with Crippen molar-refractivity contribution in [3.05, 3.63) is 40.6 Å². The average molecular weight is 338 g/mol. The molecule has 2 aromatic rings. The Morgan fingerprint density at radius 3 is 2.70 bits per heavy atom. The number of nitrogens with one attached hydrogen (secondary N) is 1. The van der Waals surface area contributed by atoms with Crippen LogP contribution < -0.4 is 11.1 Å². The molecule has 1 heterocycles. The maximum atomic E-state index is 12.2. The van der Waals surface area contributed by atoms with Crippen LogP contribution in [0.15, 0.2) is 28.8 Å². The van der Waals surface area contributed by atoms with E-state index in [0.29, 0.717) is 10.6 Å². The Labute approximate surface area is 135 Å². The van der Waals surface area contributed by atoms with Crippen LogP contribution in [0.1, 0.15) is 16.1 Å². The minimum Gasteiger partial charge on any atom is -0.452 e. The van der Waals surface area contributed by atoms with E-state index in [2.05, 4.69) is 5.16 Å². The van der Waals surface area contributed by atoms with Crippen molar-refractivity contribution in [3.8, 4) is 11.3 Å². The highest BCUT2D eigenvalue weighted by Gasteiger charge is 2.24. The number of nitrogens with zero attached hydrogens (tertiary/aromatic N) is 1. The van der Waals surface area contributed by atoms with E-state index in [4.69, 9.17) is 26.6 Å². The van der Waals surface area contributed by atoms with Crippen molar-refractivity contribution in [2.75, 3.05) is 6.61 Å². The maximum Gasteiger partial charge on any atom is 0.344 e. The Morgan fingerprint density at radius 2 is 2.04 bits per heavy atom. The van der Waals surface area contributed by atoms with Gasteiger partial charge in [-0.2, -0.15) is 0 Å². The number of ether oxygens (including phenoxy) is 1. The Kier molecular flexibility index (Phi) is 4.97. The third-order valence-electron chi connectivity index (χ3n) is 2.79. The van der Waals surface area contributed by atoms with Gasteiger partial charge in [-0.25, -0.2) is 9.59 Å². The van der Waals surface area contributed by atoms with Crippen LogP contribution in [0.2, 0.25) is 5.02 Å². The van der Waals surface area contributed by atoms with Gasteiger partial charge in [-0.15, -0.1) is 0 Å². The lowest BCUT2D eigenvalue weighted by molar-refractivity contribution is -0.123. The highest BCUT2D eigenvalue weighted by molar-refractivity contribution is 6.33. The van der Waals surface area contributed by atoms with Crippen molar-refractivity contribution < 1.29 is 23.6 Å². The van der Waals surface area contributed by atoms with E-state index < -0.39 is 24.5 Å². The highest BCUT2D eigenvalue weighted by atomic mass is 35.5. The summed E-state index contributed by atoms with van der Waals surface area (Å²) in [5, 5.41) is 5.96. The van der Waals surface area contributed by atoms with Gasteiger partial charge in [0.25, 0.3) is 5.91 Å². The lowest BCUT2D eigenvalue weighted by Gasteiger charge is -2.05. The van der Waals surface area contributed by atoms with Gasteiger partial charge in [-0.1, -0.05) is 35.0 Å². The molecule has 0 aliphatic heterocycles. The summed E-state index contributed by atoms with van der Waals surface area (Å²) in [7, 11) is 0. The second kappa shape index (κ2) is 6.93. The third-order valence-corrected chi connectivity index (χ3v) is 3.12. The predicted octanol–water partition coefficient (Wildman–Crippen LogP) is 1.66. The van der Waals surface area contributed by atoms with Crippen LogP contribution in [0.3, 0.4) is 0 Å². The molecule has 0 aliphatic rings. The lowest BCUT2D eigenvalue weighted by Crippen LogP contribution is -2.37. The zero-order valence-corrected chi connectivity index (χ0v) is 12.7. The van der Waals surface area contributed by atoms with E-state index in [-0.39, 0.29) is 17.0 Å². The van der Waals surface area contributed by atoms with E-state index in [1.54, 1.807) is 29.6 Å². The molecular formula is C14H12ClN3O5. The lowest BCUT2D eigenvalue weighted by atomic mass is 10.1. The number of amides is 3. The molecule has 0 unspecified atom stereocenters. The number of esters is 1. The van der Waals surface area contributed by atoms with E-state index in [0.717, 1.165) is 0 Å². The quantitative estimate of drug-likeness (QED) is 0.817. The van der Waals surface area contributed by atoms with E-state index in [1.807, 2.05) is 0 Å². The highest BCUT2D eigenvalue weighted by Crippen LogP contribution is 2.31. The number of rotatable bonds is 4. The van der Waals surface area contributed by atoms with Gasteiger partial charge in [-0.05, 0) is 13.0 Å². The van der Waals surface area contributed by atoms with Gasteiger partial charge >= 0.3 is 12.0 Å². The molecule has 23 heavy (non-hydrogen) atoms. The number of primary amides is 1. The van der Waals surface area contributed by atoms with E-state index >= 15 is 0 Å².